The van der Waals surface area contributed by atoms with Crippen molar-refractivity contribution in [1.82, 2.24) is 5.32 Å². The average Bonchev–Trinajstić information content (AvgIpc) is 3.01. The predicted molar refractivity (Wildman–Crippen MR) is 70.6 cm³/mol. The van der Waals surface area contributed by atoms with Crippen molar-refractivity contribution < 1.29 is 4.79 Å². The van der Waals surface area contributed by atoms with Crippen LogP contribution in [0.3, 0.4) is 0 Å². The fourth-order valence-corrected chi connectivity index (χ4v) is 3.40. The standard InChI is InChI=1S/C15H24N2O/c1-12(2)9-14(5-3-4-6-14)11-17-13(18)15(10-16)7-8-15/h12H,3-9,11H2,1-2H3,(H,17,18). The number of nitriles is 1. The minimum absolute atomic E-state index is 0.0277. The van der Waals surface area contributed by atoms with Crippen molar-refractivity contribution in [1.29, 1.82) is 5.26 Å². The minimum Gasteiger partial charge on any atom is -0.354 e. The summed E-state index contributed by atoms with van der Waals surface area (Å²) in [4.78, 5) is 12.0. The van der Waals surface area contributed by atoms with Crippen molar-refractivity contribution in [3.05, 3.63) is 0 Å². The molecule has 3 heteroatoms. The first-order chi connectivity index (χ1) is 8.52. The maximum Gasteiger partial charge on any atom is 0.240 e. The Kier molecular flexibility index (Phi) is 3.66. The summed E-state index contributed by atoms with van der Waals surface area (Å²) in [5.74, 6) is 0.644. The summed E-state index contributed by atoms with van der Waals surface area (Å²) < 4.78 is 0. The molecule has 2 aliphatic carbocycles. The van der Waals surface area contributed by atoms with Crippen molar-refractivity contribution in [2.45, 2.75) is 58.8 Å². The zero-order chi connectivity index (χ0) is 13.2. The Bertz CT molecular complexity index is 357. The highest BCUT2D eigenvalue weighted by molar-refractivity contribution is 5.88. The summed E-state index contributed by atoms with van der Waals surface area (Å²) in [6.07, 6.45) is 7.69. The molecule has 1 N–H and O–H groups in total. The molecule has 100 valence electrons. The molecule has 1 amide bonds. The number of hydrogen-bond acceptors (Lipinski definition) is 2. The van der Waals surface area contributed by atoms with E-state index in [1.165, 1.54) is 32.1 Å². The molecule has 2 saturated carbocycles. The first-order valence-corrected chi connectivity index (χ1v) is 7.22. The number of nitrogens with one attached hydrogen (secondary N) is 1. The molecule has 0 aromatic rings. The van der Waals surface area contributed by atoms with Gasteiger partial charge in [0.05, 0.1) is 6.07 Å². The van der Waals surface area contributed by atoms with Gasteiger partial charge in [0.25, 0.3) is 0 Å². The van der Waals surface area contributed by atoms with Crippen molar-refractivity contribution in [2.75, 3.05) is 6.54 Å². The highest BCUT2D eigenvalue weighted by Crippen LogP contribution is 2.46. The lowest BCUT2D eigenvalue weighted by Gasteiger charge is -2.31. The lowest BCUT2D eigenvalue weighted by atomic mass is 9.78. The monoisotopic (exact) mass is 248 g/mol. The highest BCUT2D eigenvalue weighted by Gasteiger charge is 2.51. The third kappa shape index (κ3) is 2.68. The van der Waals surface area contributed by atoms with Gasteiger partial charge in [-0.3, -0.25) is 4.79 Å². The van der Waals surface area contributed by atoms with E-state index in [0.29, 0.717) is 11.3 Å². The Labute approximate surface area is 110 Å². The molecular formula is C15H24N2O. The van der Waals surface area contributed by atoms with Crippen LogP contribution < -0.4 is 5.32 Å². The Hall–Kier alpha value is -1.04. The van der Waals surface area contributed by atoms with Gasteiger partial charge in [0.1, 0.15) is 5.41 Å². The number of rotatable bonds is 5. The van der Waals surface area contributed by atoms with Crippen molar-refractivity contribution in [3.8, 4) is 6.07 Å². The van der Waals surface area contributed by atoms with Crippen molar-refractivity contribution in [3.63, 3.8) is 0 Å². The summed E-state index contributed by atoms with van der Waals surface area (Å²) in [5, 5.41) is 12.1. The van der Waals surface area contributed by atoms with E-state index in [4.69, 9.17) is 5.26 Å². The Morgan fingerprint density at radius 3 is 2.33 bits per heavy atom. The Balaban J connectivity index is 1.91. The summed E-state index contributed by atoms with van der Waals surface area (Å²) in [6, 6.07) is 2.17. The van der Waals surface area contributed by atoms with E-state index in [2.05, 4.69) is 25.2 Å². The molecule has 0 aromatic heterocycles. The van der Waals surface area contributed by atoms with Crippen molar-refractivity contribution >= 4 is 5.91 Å². The molecule has 3 nitrogen and oxygen atoms in total. The second kappa shape index (κ2) is 4.91. The molecular weight excluding hydrogens is 224 g/mol. The van der Waals surface area contributed by atoms with Crippen LogP contribution in [0.4, 0.5) is 0 Å². The third-order valence-corrected chi connectivity index (χ3v) is 4.53. The highest BCUT2D eigenvalue weighted by atomic mass is 16.2. The van der Waals surface area contributed by atoms with Crippen molar-refractivity contribution in [2.24, 2.45) is 16.7 Å². The van der Waals surface area contributed by atoms with Crippen LogP contribution in [-0.2, 0) is 4.79 Å². The van der Waals surface area contributed by atoms with Gasteiger partial charge in [0.2, 0.25) is 5.91 Å². The summed E-state index contributed by atoms with van der Waals surface area (Å²) in [7, 11) is 0. The van der Waals surface area contributed by atoms with Crippen LogP contribution in [0.15, 0.2) is 0 Å². The Morgan fingerprint density at radius 2 is 1.89 bits per heavy atom. The van der Waals surface area contributed by atoms with Gasteiger partial charge in [-0.1, -0.05) is 26.7 Å². The van der Waals surface area contributed by atoms with Gasteiger partial charge in [-0.05, 0) is 43.4 Å². The molecule has 2 rings (SSSR count). The smallest absolute Gasteiger partial charge is 0.240 e. The van der Waals surface area contributed by atoms with Crippen LogP contribution in [0, 0.1) is 28.1 Å². The SMILES string of the molecule is CC(C)CC1(CNC(=O)C2(C#N)CC2)CCCC1. The van der Waals surface area contributed by atoms with Crippen LogP contribution in [0.1, 0.15) is 58.8 Å². The van der Waals surface area contributed by atoms with Crippen LogP contribution in [0.25, 0.3) is 0 Å². The van der Waals surface area contributed by atoms with Gasteiger partial charge in [0.15, 0.2) is 0 Å². The summed E-state index contributed by atoms with van der Waals surface area (Å²) in [6.45, 7) is 5.27. The number of nitrogens with zero attached hydrogens (tertiary/aromatic N) is 1. The lowest BCUT2D eigenvalue weighted by molar-refractivity contribution is -0.125. The molecule has 0 aromatic carbocycles. The van der Waals surface area contributed by atoms with E-state index in [1.807, 2.05) is 0 Å². The molecule has 0 radical (unpaired) electrons. The fraction of sp³-hybridized carbons (Fsp3) is 0.867. The molecule has 0 spiro atoms. The molecule has 0 unspecified atom stereocenters. The van der Waals surface area contributed by atoms with Gasteiger partial charge in [0, 0.05) is 6.54 Å². The van der Waals surface area contributed by atoms with E-state index >= 15 is 0 Å². The number of hydrogen-bond donors (Lipinski definition) is 1. The maximum atomic E-state index is 12.0. The molecule has 0 saturated heterocycles. The van der Waals surface area contributed by atoms with E-state index in [1.54, 1.807) is 0 Å². The molecule has 18 heavy (non-hydrogen) atoms. The third-order valence-electron chi connectivity index (χ3n) is 4.53. The normalized spacial score (nSPS) is 23.7. The van der Waals surface area contributed by atoms with Crippen LogP contribution in [-0.4, -0.2) is 12.5 Å². The zero-order valence-corrected chi connectivity index (χ0v) is 11.6. The van der Waals surface area contributed by atoms with E-state index < -0.39 is 5.41 Å². The molecule has 0 bridgehead atoms. The first-order valence-electron chi connectivity index (χ1n) is 7.22. The average molecular weight is 248 g/mol. The van der Waals surface area contributed by atoms with Crippen LogP contribution in [0.5, 0.6) is 0 Å². The van der Waals surface area contributed by atoms with E-state index in [0.717, 1.165) is 19.4 Å². The molecule has 0 aliphatic heterocycles. The summed E-state index contributed by atoms with van der Waals surface area (Å²) in [5.41, 5.74) is -0.368. The zero-order valence-electron chi connectivity index (χ0n) is 11.6. The summed E-state index contributed by atoms with van der Waals surface area (Å²) >= 11 is 0. The molecule has 0 heterocycles. The largest absolute Gasteiger partial charge is 0.354 e. The van der Waals surface area contributed by atoms with Gasteiger partial charge in [-0.15, -0.1) is 0 Å². The van der Waals surface area contributed by atoms with Gasteiger partial charge < -0.3 is 5.32 Å². The first kappa shape index (κ1) is 13.4. The second-order valence-corrected chi connectivity index (χ2v) is 6.68. The molecule has 2 fully saturated rings. The topological polar surface area (TPSA) is 52.9 Å². The van der Waals surface area contributed by atoms with Gasteiger partial charge >= 0.3 is 0 Å². The quantitative estimate of drug-likeness (QED) is 0.813. The second-order valence-electron chi connectivity index (χ2n) is 6.68. The van der Waals surface area contributed by atoms with E-state index in [-0.39, 0.29) is 5.91 Å². The maximum absolute atomic E-state index is 12.0. The molecule has 2 aliphatic rings. The predicted octanol–water partition coefficient (Wildman–Crippen LogP) is 3.01. The van der Waals surface area contributed by atoms with Gasteiger partial charge in [-0.25, -0.2) is 0 Å². The molecule has 0 atom stereocenters. The van der Waals surface area contributed by atoms with E-state index in [9.17, 15) is 4.79 Å². The lowest BCUT2D eigenvalue weighted by Crippen LogP contribution is -2.40. The van der Waals surface area contributed by atoms with Crippen LogP contribution in [0.2, 0.25) is 0 Å². The van der Waals surface area contributed by atoms with Gasteiger partial charge in [-0.2, -0.15) is 5.26 Å². The number of amides is 1. The number of carbonyl (C=O) groups is 1. The number of carbonyl (C=O) groups excluding carboxylic acids is 1. The minimum atomic E-state index is -0.669. The van der Waals surface area contributed by atoms with Crippen LogP contribution >= 0.6 is 0 Å². The fourth-order valence-electron chi connectivity index (χ4n) is 3.40. The Morgan fingerprint density at radius 1 is 1.28 bits per heavy atom.